The van der Waals surface area contributed by atoms with Gasteiger partial charge in [-0.25, -0.2) is 5.43 Å². The minimum absolute atomic E-state index is 0.0268. The Labute approximate surface area is 135 Å². The van der Waals surface area contributed by atoms with Crippen molar-refractivity contribution in [1.29, 1.82) is 0 Å². The van der Waals surface area contributed by atoms with Crippen molar-refractivity contribution in [2.75, 3.05) is 19.0 Å². The number of nitro groups is 1. The van der Waals surface area contributed by atoms with E-state index in [2.05, 4.69) is 15.8 Å². The topological polar surface area (TPSA) is 106 Å². The Hall–Kier alpha value is -2.94. The van der Waals surface area contributed by atoms with E-state index in [4.69, 9.17) is 4.74 Å². The normalized spacial score (nSPS) is 10.5. The Kier molecular flexibility index (Phi) is 5.64. The zero-order valence-corrected chi connectivity index (χ0v) is 13.0. The Morgan fingerprint density at radius 3 is 2.70 bits per heavy atom. The highest BCUT2D eigenvalue weighted by Crippen LogP contribution is 2.22. The first-order chi connectivity index (χ1) is 11.1. The van der Waals surface area contributed by atoms with Gasteiger partial charge in [-0.1, -0.05) is 11.3 Å². The number of amides is 1. The third-order valence-corrected chi connectivity index (χ3v) is 3.69. The van der Waals surface area contributed by atoms with Gasteiger partial charge >= 0.3 is 5.00 Å². The summed E-state index contributed by atoms with van der Waals surface area (Å²) in [6, 6.07) is 10.1. The van der Waals surface area contributed by atoms with Crippen molar-refractivity contribution in [1.82, 2.24) is 5.43 Å². The van der Waals surface area contributed by atoms with E-state index in [0.717, 1.165) is 22.8 Å². The molecule has 0 bridgehead atoms. The molecule has 2 rings (SSSR count). The van der Waals surface area contributed by atoms with Crippen molar-refractivity contribution < 1.29 is 14.5 Å². The molecule has 0 saturated carbocycles. The van der Waals surface area contributed by atoms with Gasteiger partial charge in [0.1, 0.15) is 5.75 Å². The minimum atomic E-state index is -0.473. The summed E-state index contributed by atoms with van der Waals surface area (Å²) < 4.78 is 5.04. The summed E-state index contributed by atoms with van der Waals surface area (Å²) in [5.74, 6) is 0.401. The molecule has 1 amide bonds. The lowest BCUT2D eigenvalue weighted by atomic mass is 10.3. The zero-order chi connectivity index (χ0) is 16.7. The molecule has 9 heteroatoms. The Morgan fingerprint density at radius 2 is 2.09 bits per heavy atom. The number of ether oxygens (including phenoxy) is 1. The summed E-state index contributed by atoms with van der Waals surface area (Å²) in [6.07, 6.45) is 1.36. The largest absolute Gasteiger partial charge is 0.497 e. The predicted molar refractivity (Wildman–Crippen MR) is 88.2 cm³/mol. The molecule has 0 aliphatic heterocycles. The molecule has 120 valence electrons. The Balaban J connectivity index is 1.77. The molecule has 1 aromatic carbocycles. The third-order valence-electron chi connectivity index (χ3n) is 2.72. The zero-order valence-electron chi connectivity index (χ0n) is 12.2. The Morgan fingerprint density at radius 1 is 1.35 bits per heavy atom. The van der Waals surface area contributed by atoms with Crippen LogP contribution in [0.25, 0.3) is 0 Å². The highest BCUT2D eigenvalue weighted by Gasteiger charge is 2.08. The second-order valence-electron chi connectivity index (χ2n) is 4.31. The van der Waals surface area contributed by atoms with E-state index in [1.165, 1.54) is 12.3 Å². The lowest BCUT2D eigenvalue weighted by molar-refractivity contribution is -0.380. The highest BCUT2D eigenvalue weighted by molar-refractivity contribution is 7.16. The quantitative estimate of drug-likeness (QED) is 0.459. The highest BCUT2D eigenvalue weighted by atomic mass is 32.1. The molecule has 0 radical (unpaired) electrons. The van der Waals surface area contributed by atoms with Gasteiger partial charge < -0.3 is 10.1 Å². The van der Waals surface area contributed by atoms with Gasteiger partial charge in [0, 0.05) is 11.8 Å². The SMILES string of the molecule is COc1ccc(NCC(=O)NN=Cc2ccc([N+](=O)[O-])s2)cc1. The number of hydrogen-bond acceptors (Lipinski definition) is 7. The van der Waals surface area contributed by atoms with Gasteiger partial charge in [0.25, 0.3) is 5.91 Å². The van der Waals surface area contributed by atoms with Gasteiger partial charge in [-0.05, 0) is 30.3 Å². The van der Waals surface area contributed by atoms with Crippen LogP contribution in [0.1, 0.15) is 4.88 Å². The van der Waals surface area contributed by atoms with Crippen molar-refractivity contribution >= 4 is 34.1 Å². The summed E-state index contributed by atoms with van der Waals surface area (Å²) in [6.45, 7) is 0.0499. The van der Waals surface area contributed by atoms with E-state index >= 15 is 0 Å². The number of rotatable bonds is 7. The number of nitrogens with one attached hydrogen (secondary N) is 2. The fraction of sp³-hybridized carbons (Fsp3) is 0.143. The van der Waals surface area contributed by atoms with Crippen molar-refractivity contribution in [2.45, 2.75) is 0 Å². The maximum absolute atomic E-state index is 11.6. The molecule has 0 atom stereocenters. The Bertz CT molecular complexity index is 712. The maximum Gasteiger partial charge on any atom is 0.324 e. The van der Waals surface area contributed by atoms with Crippen LogP contribution in [0.2, 0.25) is 0 Å². The van der Waals surface area contributed by atoms with Crippen LogP contribution in [-0.4, -0.2) is 30.7 Å². The van der Waals surface area contributed by atoms with Gasteiger partial charge in [0.2, 0.25) is 0 Å². The molecule has 23 heavy (non-hydrogen) atoms. The molecule has 0 unspecified atom stereocenters. The molecule has 1 aromatic heterocycles. The second kappa shape index (κ2) is 7.90. The van der Waals surface area contributed by atoms with Crippen molar-refractivity contribution in [2.24, 2.45) is 5.10 Å². The van der Waals surface area contributed by atoms with Crippen LogP contribution in [0.3, 0.4) is 0 Å². The first kappa shape index (κ1) is 16.4. The lowest BCUT2D eigenvalue weighted by Gasteiger charge is -2.06. The number of carbonyl (C=O) groups excluding carboxylic acids is 1. The number of carbonyl (C=O) groups is 1. The van der Waals surface area contributed by atoms with Crippen LogP contribution < -0.4 is 15.5 Å². The van der Waals surface area contributed by atoms with E-state index in [1.54, 1.807) is 37.4 Å². The molecular weight excluding hydrogens is 320 g/mol. The van der Waals surface area contributed by atoms with Gasteiger partial charge in [-0.2, -0.15) is 5.10 Å². The van der Waals surface area contributed by atoms with Crippen LogP contribution in [0, 0.1) is 10.1 Å². The van der Waals surface area contributed by atoms with E-state index in [0.29, 0.717) is 4.88 Å². The standard InChI is InChI=1S/C14H14N4O4S/c1-22-11-4-2-10(3-5-11)15-9-13(19)17-16-8-12-6-7-14(23-12)18(20)21/h2-8,15H,9H2,1H3,(H,17,19). The number of nitrogens with zero attached hydrogens (tertiary/aromatic N) is 2. The molecule has 0 saturated heterocycles. The number of benzene rings is 1. The van der Waals surface area contributed by atoms with E-state index in [-0.39, 0.29) is 17.5 Å². The number of methoxy groups -OCH3 is 1. The molecule has 0 spiro atoms. The number of hydrogen-bond donors (Lipinski definition) is 2. The first-order valence-corrected chi connectivity index (χ1v) is 7.34. The first-order valence-electron chi connectivity index (χ1n) is 6.52. The average Bonchev–Trinajstić information content (AvgIpc) is 3.02. The molecule has 0 fully saturated rings. The predicted octanol–water partition coefficient (Wildman–Crippen LogP) is 2.23. The second-order valence-corrected chi connectivity index (χ2v) is 5.40. The fourth-order valence-corrected chi connectivity index (χ4v) is 2.30. The van der Waals surface area contributed by atoms with E-state index in [1.807, 2.05) is 0 Å². The molecule has 0 aliphatic rings. The van der Waals surface area contributed by atoms with Crippen molar-refractivity contribution in [3.63, 3.8) is 0 Å². The molecule has 2 aromatic rings. The summed E-state index contributed by atoms with van der Waals surface area (Å²) in [5.41, 5.74) is 3.12. The van der Waals surface area contributed by atoms with Gasteiger partial charge in [-0.3, -0.25) is 14.9 Å². The van der Waals surface area contributed by atoms with E-state index < -0.39 is 4.92 Å². The molecule has 1 heterocycles. The fourth-order valence-electron chi connectivity index (χ4n) is 1.61. The molecule has 0 aliphatic carbocycles. The monoisotopic (exact) mass is 334 g/mol. The molecule has 8 nitrogen and oxygen atoms in total. The minimum Gasteiger partial charge on any atom is -0.497 e. The van der Waals surface area contributed by atoms with Crippen molar-refractivity contribution in [3.8, 4) is 5.75 Å². The van der Waals surface area contributed by atoms with Gasteiger partial charge in [-0.15, -0.1) is 0 Å². The smallest absolute Gasteiger partial charge is 0.324 e. The maximum atomic E-state index is 11.6. The molecule has 2 N–H and O–H groups in total. The number of anilines is 1. The average molecular weight is 334 g/mol. The van der Waals surface area contributed by atoms with Gasteiger partial charge in [0.05, 0.1) is 29.7 Å². The molecular formula is C14H14N4O4S. The van der Waals surface area contributed by atoms with Crippen LogP contribution in [0.5, 0.6) is 5.75 Å². The summed E-state index contributed by atoms with van der Waals surface area (Å²) in [7, 11) is 1.58. The summed E-state index contributed by atoms with van der Waals surface area (Å²) >= 11 is 0.979. The van der Waals surface area contributed by atoms with Crippen molar-refractivity contribution in [3.05, 3.63) is 51.4 Å². The van der Waals surface area contributed by atoms with Crippen LogP contribution >= 0.6 is 11.3 Å². The number of thiophene rings is 1. The van der Waals surface area contributed by atoms with Crippen LogP contribution in [-0.2, 0) is 4.79 Å². The van der Waals surface area contributed by atoms with Crippen LogP contribution in [0.15, 0.2) is 41.5 Å². The summed E-state index contributed by atoms with van der Waals surface area (Å²) in [5, 5.41) is 17.3. The number of hydrazone groups is 1. The summed E-state index contributed by atoms with van der Waals surface area (Å²) in [4.78, 5) is 22.3. The lowest BCUT2D eigenvalue weighted by Crippen LogP contribution is -2.25. The van der Waals surface area contributed by atoms with E-state index in [9.17, 15) is 14.9 Å². The van der Waals surface area contributed by atoms with Gasteiger partial charge in [0.15, 0.2) is 0 Å². The third kappa shape index (κ3) is 5.08. The van der Waals surface area contributed by atoms with Crippen LogP contribution in [0.4, 0.5) is 10.7 Å².